The first-order valence-electron chi connectivity index (χ1n) is 3.88. The SMILES string of the molecule is CC[CH]Oc1ccc(C)cc1. The van der Waals surface area contributed by atoms with E-state index in [-0.39, 0.29) is 0 Å². The maximum absolute atomic E-state index is 5.29. The minimum atomic E-state index is 0.914. The topological polar surface area (TPSA) is 9.23 Å². The van der Waals surface area contributed by atoms with E-state index in [9.17, 15) is 0 Å². The predicted molar refractivity (Wildman–Crippen MR) is 46.4 cm³/mol. The minimum absolute atomic E-state index is 0.914. The Balaban J connectivity index is 2.52. The van der Waals surface area contributed by atoms with Crippen molar-refractivity contribution >= 4 is 0 Å². The first-order chi connectivity index (χ1) is 5.33. The van der Waals surface area contributed by atoms with Crippen LogP contribution in [0.3, 0.4) is 0 Å². The number of aryl methyl sites for hydroxylation is 1. The van der Waals surface area contributed by atoms with Gasteiger partial charge in [0.15, 0.2) is 0 Å². The van der Waals surface area contributed by atoms with Gasteiger partial charge in [-0.05, 0) is 25.5 Å². The van der Waals surface area contributed by atoms with Crippen LogP contribution in [-0.2, 0) is 0 Å². The average molecular weight is 149 g/mol. The zero-order chi connectivity index (χ0) is 8.10. The van der Waals surface area contributed by atoms with Crippen molar-refractivity contribution in [2.24, 2.45) is 0 Å². The summed E-state index contributed by atoms with van der Waals surface area (Å²) < 4.78 is 5.29. The van der Waals surface area contributed by atoms with Gasteiger partial charge in [-0.25, -0.2) is 0 Å². The van der Waals surface area contributed by atoms with Gasteiger partial charge in [0.25, 0.3) is 0 Å². The second kappa shape index (κ2) is 4.02. The highest BCUT2D eigenvalue weighted by Crippen LogP contribution is 2.12. The summed E-state index contributed by atoms with van der Waals surface area (Å²) in [7, 11) is 0. The Labute approximate surface area is 68.0 Å². The molecule has 0 saturated heterocycles. The van der Waals surface area contributed by atoms with Crippen molar-refractivity contribution in [3.05, 3.63) is 36.4 Å². The van der Waals surface area contributed by atoms with Crippen molar-refractivity contribution in [1.29, 1.82) is 0 Å². The molecule has 1 aromatic carbocycles. The zero-order valence-electron chi connectivity index (χ0n) is 7.00. The Morgan fingerprint density at radius 2 is 1.91 bits per heavy atom. The molecule has 1 aromatic rings. The van der Waals surface area contributed by atoms with E-state index in [2.05, 4.69) is 6.92 Å². The molecular weight excluding hydrogens is 136 g/mol. The molecular formula is C10H13O. The van der Waals surface area contributed by atoms with E-state index in [4.69, 9.17) is 4.74 Å². The van der Waals surface area contributed by atoms with Crippen molar-refractivity contribution in [3.8, 4) is 5.75 Å². The zero-order valence-corrected chi connectivity index (χ0v) is 7.00. The van der Waals surface area contributed by atoms with E-state index in [1.54, 1.807) is 6.61 Å². The summed E-state index contributed by atoms with van der Waals surface area (Å²) in [5.41, 5.74) is 1.26. The average Bonchev–Trinajstić information content (AvgIpc) is 2.04. The third-order valence-corrected chi connectivity index (χ3v) is 1.41. The third-order valence-electron chi connectivity index (χ3n) is 1.41. The summed E-state index contributed by atoms with van der Waals surface area (Å²) in [5.74, 6) is 0.914. The highest BCUT2D eigenvalue weighted by molar-refractivity contribution is 5.26. The Morgan fingerprint density at radius 1 is 1.27 bits per heavy atom. The lowest BCUT2D eigenvalue weighted by Crippen LogP contribution is -1.87. The summed E-state index contributed by atoms with van der Waals surface area (Å²) in [4.78, 5) is 0. The highest BCUT2D eigenvalue weighted by atomic mass is 16.5. The number of benzene rings is 1. The second-order valence-corrected chi connectivity index (χ2v) is 2.51. The molecule has 1 rings (SSSR count). The number of rotatable bonds is 3. The Morgan fingerprint density at radius 3 is 2.45 bits per heavy atom. The molecule has 0 atom stereocenters. The van der Waals surface area contributed by atoms with Gasteiger partial charge in [0, 0.05) is 0 Å². The predicted octanol–water partition coefficient (Wildman–Crippen LogP) is 2.95. The van der Waals surface area contributed by atoms with Crippen LogP contribution in [0.1, 0.15) is 18.9 Å². The lowest BCUT2D eigenvalue weighted by atomic mass is 10.2. The van der Waals surface area contributed by atoms with E-state index in [1.165, 1.54) is 5.56 Å². The van der Waals surface area contributed by atoms with Crippen LogP contribution in [0.25, 0.3) is 0 Å². The van der Waals surface area contributed by atoms with Gasteiger partial charge in [0.05, 0.1) is 0 Å². The molecule has 0 N–H and O–H groups in total. The van der Waals surface area contributed by atoms with Crippen LogP contribution in [0.15, 0.2) is 24.3 Å². The van der Waals surface area contributed by atoms with Gasteiger partial charge >= 0.3 is 0 Å². The second-order valence-electron chi connectivity index (χ2n) is 2.51. The Bertz CT molecular complexity index is 201. The minimum Gasteiger partial charge on any atom is -0.487 e. The largest absolute Gasteiger partial charge is 0.487 e. The summed E-state index contributed by atoms with van der Waals surface area (Å²) in [6.45, 7) is 5.91. The molecule has 1 heteroatoms. The van der Waals surface area contributed by atoms with Crippen LogP contribution < -0.4 is 4.74 Å². The monoisotopic (exact) mass is 149 g/mol. The molecule has 11 heavy (non-hydrogen) atoms. The number of hydrogen-bond acceptors (Lipinski definition) is 1. The standard InChI is InChI=1S/C10H13O/c1-3-8-11-10-6-4-9(2)5-7-10/h4-8H,3H2,1-2H3. The maximum atomic E-state index is 5.29. The van der Waals surface area contributed by atoms with Crippen LogP contribution in [0, 0.1) is 13.5 Å². The number of hydrogen-bond donors (Lipinski definition) is 0. The fourth-order valence-corrected chi connectivity index (χ4v) is 0.796. The quantitative estimate of drug-likeness (QED) is 0.642. The van der Waals surface area contributed by atoms with Gasteiger partial charge in [-0.1, -0.05) is 24.6 Å². The van der Waals surface area contributed by atoms with E-state index < -0.39 is 0 Å². The molecule has 0 bridgehead atoms. The van der Waals surface area contributed by atoms with Gasteiger partial charge in [0.2, 0.25) is 0 Å². The first-order valence-corrected chi connectivity index (χ1v) is 3.88. The van der Waals surface area contributed by atoms with Crippen LogP contribution in [0.5, 0.6) is 5.75 Å². The van der Waals surface area contributed by atoms with E-state index in [0.29, 0.717) is 0 Å². The molecule has 0 fully saturated rings. The fourth-order valence-electron chi connectivity index (χ4n) is 0.796. The van der Waals surface area contributed by atoms with Crippen molar-refractivity contribution in [3.63, 3.8) is 0 Å². The molecule has 0 spiro atoms. The normalized spacial score (nSPS) is 9.64. The number of ether oxygens (including phenoxy) is 1. The summed E-state index contributed by atoms with van der Waals surface area (Å²) in [6.07, 6.45) is 0.938. The van der Waals surface area contributed by atoms with Crippen LogP contribution in [0.4, 0.5) is 0 Å². The van der Waals surface area contributed by atoms with Crippen LogP contribution >= 0.6 is 0 Å². The van der Waals surface area contributed by atoms with E-state index >= 15 is 0 Å². The molecule has 0 aliphatic rings. The smallest absolute Gasteiger partial charge is 0.135 e. The molecule has 0 unspecified atom stereocenters. The van der Waals surface area contributed by atoms with Gasteiger partial charge in [0.1, 0.15) is 12.4 Å². The molecule has 0 aromatic heterocycles. The van der Waals surface area contributed by atoms with Crippen LogP contribution in [-0.4, -0.2) is 0 Å². The Kier molecular flexibility index (Phi) is 2.96. The molecule has 0 aliphatic carbocycles. The molecule has 0 aliphatic heterocycles. The molecule has 0 amide bonds. The summed E-state index contributed by atoms with van der Waals surface area (Å²) in [6, 6.07) is 8.03. The molecule has 1 radical (unpaired) electrons. The molecule has 0 heterocycles. The third kappa shape index (κ3) is 2.62. The molecule has 0 saturated carbocycles. The lowest BCUT2D eigenvalue weighted by Gasteiger charge is -2.02. The van der Waals surface area contributed by atoms with E-state index in [0.717, 1.165) is 12.2 Å². The highest BCUT2D eigenvalue weighted by Gasteiger charge is 1.90. The Hall–Kier alpha value is -0.980. The van der Waals surface area contributed by atoms with Gasteiger partial charge in [-0.15, -0.1) is 0 Å². The van der Waals surface area contributed by atoms with Crippen molar-refractivity contribution in [2.45, 2.75) is 20.3 Å². The van der Waals surface area contributed by atoms with Crippen molar-refractivity contribution < 1.29 is 4.74 Å². The molecule has 1 nitrogen and oxygen atoms in total. The van der Waals surface area contributed by atoms with Crippen molar-refractivity contribution in [2.75, 3.05) is 0 Å². The lowest BCUT2D eigenvalue weighted by molar-refractivity contribution is 0.397. The van der Waals surface area contributed by atoms with Crippen LogP contribution in [0.2, 0.25) is 0 Å². The van der Waals surface area contributed by atoms with Gasteiger partial charge < -0.3 is 4.74 Å². The van der Waals surface area contributed by atoms with Gasteiger partial charge in [-0.3, -0.25) is 0 Å². The maximum Gasteiger partial charge on any atom is 0.135 e. The summed E-state index contributed by atoms with van der Waals surface area (Å²) >= 11 is 0. The fraction of sp³-hybridized carbons (Fsp3) is 0.300. The van der Waals surface area contributed by atoms with Crippen molar-refractivity contribution in [1.82, 2.24) is 0 Å². The first kappa shape index (κ1) is 8.12. The van der Waals surface area contributed by atoms with Gasteiger partial charge in [-0.2, -0.15) is 0 Å². The van der Waals surface area contributed by atoms with E-state index in [1.807, 2.05) is 31.2 Å². The summed E-state index contributed by atoms with van der Waals surface area (Å²) in [5, 5.41) is 0. The molecule has 59 valence electrons.